The second-order valence-electron chi connectivity index (χ2n) is 5.49. The second-order valence-corrected chi connectivity index (χ2v) is 5.49. The van der Waals surface area contributed by atoms with Crippen LogP contribution in [0.15, 0.2) is 18.2 Å². The number of amides is 2. The van der Waals surface area contributed by atoms with Gasteiger partial charge in [-0.15, -0.1) is 0 Å². The van der Waals surface area contributed by atoms with E-state index < -0.39 is 0 Å². The smallest absolute Gasteiger partial charge is 0.262 e. The van der Waals surface area contributed by atoms with Crippen LogP contribution in [0, 0.1) is 5.92 Å². The van der Waals surface area contributed by atoms with E-state index in [4.69, 9.17) is 4.74 Å². The van der Waals surface area contributed by atoms with Gasteiger partial charge in [0.05, 0.1) is 5.69 Å². The minimum absolute atomic E-state index is 0.0268. The Balaban J connectivity index is 1.77. The Kier molecular flexibility index (Phi) is 3.79. The first-order chi connectivity index (χ1) is 10.2. The number of aliphatic hydroxyl groups excluding tert-OH is 1. The number of fused-ring (bicyclic) bond motifs is 1. The first kappa shape index (κ1) is 13.9. The maximum absolute atomic E-state index is 12.5. The highest BCUT2D eigenvalue weighted by atomic mass is 16.5. The van der Waals surface area contributed by atoms with Crippen molar-refractivity contribution in [1.82, 2.24) is 4.90 Å². The molecule has 112 valence electrons. The van der Waals surface area contributed by atoms with E-state index in [1.54, 1.807) is 23.1 Å². The summed E-state index contributed by atoms with van der Waals surface area (Å²) in [5, 5.41) is 11.9. The number of carbonyl (C=O) groups is 2. The lowest BCUT2D eigenvalue weighted by Crippen LogP contribution is -2.41. The number of carbonyl (C=O) groups excluding carboxylic acids is 2. The lowest BCUT2D eigenvalue weighted by atomic mass is 9.98. The molecule has 2 N–H and O–H groups in total. The van der Waals surface area contributed by atoms with Gasteiger partial charge in [0, 0.05) is 25.3 Å². The number of ether oxygens (including phenoxy) is 1. The number of rotatable bonds is 2. The Morgan fingerprint density at radius 3 is 3.14 bits per heavy atom. The summed E-state index contributed by atoms with van der Waals surface area (Å²) in [5.74, 6) is 0.437. The number of piperidine rings is 1. The standard InChI is InChI=1S/C15H18N2O4/c18-8-10-2-1-5-17(7-10)15(20)11-3-4-12-13(6-11)21-9-14(19)16-12/h3-4,6,10,18H,1-2,5,7-9H2,(H,16,19). The molecule has 0 aromatic heterocycles. The number of hydrogen-bond donors (Lipinski definition) is 2. The molecule has 0 aliphatic carbocycles. The Labute approximate surface area is 122 Å². The molecule has 0 bridgehead atoms. The van der Waals surface area contributed by atoms with Crippen molar-refractivity contribution in [3.63, 3.8) is 0 Å². The highest BCUT2D eigenvalue weighted by molar-refractivity contribution is 5.99. The first-order valence-electron chi connectivity index (χ1n) is 7.14. The van der Waals surface area contributed by atoms with Crippen LogP contribution >= 0.6 is 0 Å². The normalized spacial score (nSPS) is 21.3. The Morgan fingerprint density at radius 2 is 2.33 bits per heavy atom. The molecule has 6 heteroatoms. The number of hydrogen-bond acceptors (Lipinski definition) is 4. The van der Waals surface area contributed by atoms with Crippen molar-refractivity contribution >= 4 is 17.5 Å². The zero-order valence-corrected chi connectivity index (χ0v) is 11.7. The summed E-state index contributed by atoms with van der Waals surface area (Å²) in [6, 6.07) is 5.05. The van der Waals surface area contributed by atoms with Crippen molar-refractivity contribution in [1.29, 1.82) is 0 Å². The molecule has 0 spiro atoms. The highest BCUT2D eigenvalue weighted by Crippen LogP contribution is 2.29. The number of benzene rings is 1. The van der Waals surface area contributed by atoms with Crippen LogP contribution in [0.5, 0.6) is 5.75 Å². The first-order valence-corrected chi connectivity index (χ1v) is 7.14. The van der Waals surface area contributed by atoms with Crippen molar-refractivity contribution < 1.29 is 19.4 Å². The van der Waals surface area contributed by atoms with Crippen molar-refractivity contribution in [2.24, 2.45) is 5.92 Å². The monoisotopic (exact) mass is 290 g/mol. The zero-order chi connectivity index (χ0) is 14.8. The molecule has 21 heavy (non-hydrogen) atoms. The molecule has 1 unspecified atom stereocenters. The quantitative estimate of drug-likeness (QED) is 0.847. The number of nitrogens with one attached hydrogen (secondary N) is 1. The van der Waals surface area contributed by atoms with E-state index in [2.05, 4.69) is 5.32 Å². The van der Waals surface area contributed by atoms with Crippen molar-refractivity contribution in [3.05, 3.63) is 23.8 Å². The highest BCUT2D eigenvalue weighted by Gasteiger charge is 2.25. The molecule has 1 fully saturated rings. The molecule has 2 aliphatic rings. The second kappa shape index (κ2) is 5.73. The van der Waals surface area contributed by atoms with Gasteiger partial charge in [-0.25, -0.2) is 0 Å². The maximum atomic E-state index is 12.5. The van der Waals surface area contributed by atoms with Gasteiger partial charge >= 0.3 is 0 Å². The fraction of sp³-hybridized carbons (Fsp3) is 0.467. The largest absolute Gasteiger partial charge is 0.482 e. The average Bonchev–Trinajstić information content (AvgIpc) is 2.53. The summed E-state index contributed by atoms with van der Waals surface area (Å²) in [6.45, 7) is 1.39. The molecule has 3 rings (SSSR count). The third-order valence-corrected chi connectivity index (χ3v) is 3.93. The van der Waals surface area contributed by atoms with E-state index >= 15 is 0 Å². The predicted octanol–water partition coefficient (Wildman–Crippen LogP) is 0.862. The molecule has 2 heterocycles. The summed E-state index contributed by atoms with van der Waals surface area (Å²) in [4.78, 5) is 25.5. The third kappa shape index (κ3) is 2.85. The van der Waals surface area contributed by atoms with E-state index in [0.717, 1.165) is 12.8 Å². The van der Waals surface area contributed by atoms with Gasteiger partial charge in [-0.2, -0.15) is 0 Å². The van der Waals surface area contributed by atoms with Gasteiger partial charge in [0.25, 0.3) is 11.8 Å². The van der Waals surface area contributed by atoms with Crippen molar-refractivity contribution in [2.75, 3.05) is 31.6 Å². The Bertz CT molecular complexity index is 573. The van der Waals surface area contributed by atoms with Gasteiger partial charge in [-0.3, -0.25) is 9.59 Å². The van der Waals surface area contributed by atoms with Gasteiger partial charge in [-0.05, 0) is 37.0 Å². The van der Waals surface area contributed by atoms with Crippen molar-refractivity contribution in [2.45, 2.75) is 12.8 Å². The fourth-order valence-corrected chi connectivity index (χ4v) is 2.79. The number of anilines is 1. The minimum atomic E-state index is -0.191. The van der Waals surface area contributed by atoms with Crippen LogP contribution in [0.2, 0.25) is 0 Å². The summed E-state index contributed by atoms with van der Waals surface area (Å²) < 4.78 is 5.33. The lowest BCUT2D eigenvalue weighted by Gasteiger charge is -2.32. The van der Waals surface area contributed by atoms with E-state index in [1.807, 2.05) is 0 Å². The maximum Gasteiger partial charge on any atom is 0.262 e. The van der Waals surface area contributed by atoms with Crippen LogP contribution < -0.4 is 10.1 Å². The fourth-order valence-electron chi connectivity index (χ4n) is 2.79. The Hall–Kier alpha value is -2.08. The van der Waals surface area contributed by atoms with Gasteiger partial charge in [0.2, 0.25) is 0 Å². The predicted molar refractivity (Wildman–Crippen MR) is 76.3 cm³/mol. The van der Waals surface area contributed by atoms with Crippen LogP contribution in [0.4, 0.5) is 5.69 Å². The molecule has 2 aliphatic heterocycles. The van der Waals surface area contributed by atoms with Crippen LogP contribution in [0.25, 0.3) is 0 Å². The number of nitrogens with zero attached hydrogens (tertiary/aromatic N) is 1. The van der Waals surface area contributed by atoms with Gasteiger partial charge < -0.3 is 20.1 Å². The minimum Gasteiger partial charge on any atom is -0.482 e. The number of likely N-dealkylation sites (tertiary alicyclic amines) is 1. The summed E-state index contributed by atoms with van der Waals surface area (Å²) in [7, 11) is 0. The van der Waals surface area contributed by atoms with Crippen LogP contribution in [0.3, 0.4) is 0 Å². The molecule has 1 atom stereocenters. The van der Waals surface area contributed by atoms with E-state index in [0.29, 0.717) is 30.1 Å². The molecule has 0 radical (unpaired) electrons. The summed E-state index contributed by atoms with van der Waals surface area (Å²) >= 11 is 0. The van der Waals surface area contributed by atoms with E-state index in [1.165, 1.54) is 0 Å². The molecule has 1 saturated heterocycles. The average molecular weight is 290 g/mol. The molecule has 1 aromatic carbocycles. The van der Waals surface area contributed by atoms with Gasteiger partial charge in [-0.1, -0.05) is 0 Å². The zero-order valence-electron chi connectivity index (χ0n) is 11.7. The Morgan fingerprint density at radius 1 is 1.48 bits per heavy atom. The number of aliphatic hydroxyl groups is 1. The van der Waals surface area contributed by atoms with E-state index in [-0.39, 0.29) is 30.9 Å². The van der Waals surface area contributed by atoms with Crippen LogP contribution in [0.1, 0.15) is 23.2 Å². The molecule has 2 amide bonds. The van der Waals surface area contributed by atoms with Crippen LogP contribution in [-0.2, 0) is 4.79 Å². The topological polar surface area (TPSA) is 78.9 Å². The molecular formula is C15H18N2O4. The van der Waals surface area contributed by atoms with Crippen LogP contribution in [-0.4, -0.2) is 48.1 Å². The lowest BCUT2D eigenvalue weighted by molar-refractivity contribution is -0.118. The van der Waals surface area contributed by atoms with Crippen molar-refractivity contribution in [3.8, 4) is 5.75 Å². The molecular weight excluding hydrogens is 272 g/mol. The third-order valence-electron chi connectivity index (χ3n) is 3.93. The summed E-state index contributed by atoms with van der Waals surface area (Å²) in [6.07, 6.45) is 1.87. The van der Waals surface area contributed by atoms with E-state index in [9.17, 15) is 14.7 Å². The molecule has 1 aromatic rings. The summed E-state index contributed by atoms with van der Waals surface area (Å²) in [5.41, 5.74) is 1.14. The van der Waals surface area contributed by atoms with Gasteiger partial charge in [0.15, 0.2) is 6.61 Å². The molecule has 6 nitrogen and oxygen atoms in total. The SMILES string of the molecule is O=C1COc2cc(C(=O)N3CCCC(CO)C3)ccc2N1. The molecule has 0 saturated carbocycles. The van der Waals surface area contributed by atoms with Gasteiger partial charge in [0.1, 0.15) is 5.75 Å².